The molecule has 4 nitrogen and oxygen atoms in total. The van der Waals surface area contributed by atoms with Gasteiger partial charge in [0.2, 0.25) is 0 Å². The molecule has 0 saturated heterocycles. The highest BCUT2D eigenvalue weighted by Gasteiger charge is 2.41. The van der Waals surface area contributed by atoms with Crippen LogP contribution in [-0.2, 0) is 17.8 Å². The van der Waals surface area contributed by atoms with Crippen LogP contribution in [0, 0.1) is 5.41 Å². The average Bonchev–Trinajstić information content (AvgIpc) is 3.68. The van der Waals surface area contributed by atoms with Crippen LogP contribution in [0.1, 0.15) is 30.4 Å². The lowest BCUT2D eigenvalue weighted by Crippen LogP contribution is -2.35. The second kappa shape index (κ2) is 13.3. The summed E-state index contributed by atoms with van der Waals surface area (Å²) in [7, 11) is 2.11. The van der Waals surface area contributed by atoms with Crippen molar-refractivity contribution in [3.63, 3.8) is 0 Å². The van der Waals surface area contributed by atoms with E-state index in [4.69, 9.17) is 21.8 Å². The van der Waals surface area contributed by atoms with Gasteiger partial charge in [-0.1, -0.05) is 76.1 Å². The molecule has 35 heavy (non-hydrogen) atoms. The summed E-state index contributed by atoms with van der Waals surface area (Å²) in [6.07, 6.45) is 12.7. The SMILES string of the molecule is CN(Cc1cccc(Br)c1)C(Cc1ccc(Cl)cc1)C1=CCC=CC=C1C=O.OCC1(CO)CC1. The molecule has 2 aliphatic rings. The van der Waals surface area contributed by atoms with Gasteiger partial charge in [-0.25, -0.2) is 0 Å². The number of hydrogen-bond acceptors (Lipinski definition) is 4. The van der Waals surface area contributed by atoms with Gasteiger partial charge in [-0.3, -0.25) is 9.69 Å². The van der Waals surface area contributed by atoms with Crippen LogP contribution in [0.15, 0.2) is 88.5 Å². The first-order valence-corrected chi connectivity index (χ1v) is 13.0. The Morgan fingerprint density at radius 3 is 2.40 bits per heavy atom. The van der Waals surface area contributed by atoms with Gasteiger partial charge >= 0.3 is 0 Å². The van der Waals surface area contributed by atoms with Crippen LogP contribution in [0.25, 0.3) is 0 Å². The Morgan fingerprint density at radius 1 is 1.11 bits per heavy atom. The summed E-state index contributed by atoms with van der Waals surface area (Å²) in [4.78, 5) is 14.1. The Kier molecular flexibility index (Phi) is 10.5. The summed E-state index contributed by atoms with van der Waals surface area (Å²) >= 11 is 9.61. The van der Waals surface area contributed by atoms with Crippen LogP contribution >= 0.6 is 27.5 Å². The van der Waals surface area contributed by atoms with Crippen LogP contribution in [0.3, 0.4) is 0 Å². The second-order valence-electron chi connectivity index (χ2n) is 9.27. The lowest BCUT2D eigenvalue weighted by atomic mass is 9.91. The van der Waals surface area contributed by atoms with Gasteiger partial charge in [-0.2, -0.15) is 0 Å². The zero-order valence-corrected chi connectivity index (χ0v) is 22.4. The second-order valence-corrected chi connectivity index (χ2v) is 10.6. The Hall–Kier alpha value is -2.02. The van der Waals surface area contributed by atoms with Crippen molar-refractivity contribution in [1.29, 1.82) is 0 Å². The Morgan fingerprint density at radius 2 is 1.83 bits per heavy atom. The number of halogens is 2. The van der Waals surface area contributed by atoms with Gasteiger partial charge in [0.25, 0.3) is 0 Å². The van der Waals surface area contributed by atoms with Gasteiger partial charge in [0.15, 0.2) is 0 Å². The molecule has 2 N–H and O–H groups in total. The third-order valence-electron chi connectivity index (χ3n) is 6.53. The maximum absolute atomic E-state index is 11.8. The highest BCUT2D eigenvalue weighted by molar-refractivity contribution is 9.10. The van der Waals surface area contributed by atoms with E-state index in [1.807, 2.05) is 36.4 Å². The van der Waals surface area contributed by atoms with Crippen LogP contribution in [0.2, 0.25) is 5.02 Å². The van der Waals surface area contributed by atoms with Gasteiger partial charge in [0.05, 0.1) is 13.2 Å². The minimum atomic E-state index is -0.0556. The van der Waals surface area contributed by atoms with Gasteiger partial charge in [-0.15, -0.1) is 0 Å². The quantitative estimate of drug-likeness (QED) is 0.376. The predicted molar refractivity (Wildman–Crippen MR) is 146 cm³/mol. The molecular weight excluding hydrogens is 526 g/mol. The molecule has 1 atom stereocenters. The van der Waals surface area contributed by atoms with Gasteiger partial charge in [-0.05, 0) is 73.7 Å². The maximum Gasteiger partial charge on any atom is 0.150 e. The van der Waals surface area contributed by atoms with Crippen LogP contribution in [0.5, 0.6) is 0 Å². The zero-order valence-electron chi connectivity index (χ0n) is 20.0. The van der Waals surface area contributed by atoms with Crippen LogP contribution < -0.4 is 0 Å². The van der Waals surface area contributed by atoms with Crippen molar-refractivity contribution in [3.8, 4) is 0 Å². The van der Waals surface area contributed by atoms with E-state index in [0.717, 1.165) is 59.2 Å². The number of benzene rings is 2. The molecule has 0 aliphatic heterocycles. The van der Waals surface area contributed by atoms with E-state index < -0.39 is 0 Å². The highest BCUT2D eigenvalue weighted by atomic mass is 79.9. The number of aliphatic hydroxyl groups excluding tert-OH is 2. The topological polar surface area (TPSA) is 60.8 Å². The van der Waals surface area contributed by atoms with E-state index in [2.05, 4.69) is 64.3 Å². The Bertz CT molecular complexity index is 1070. The molecule has 0 radical (unpaired) electrons. The highest BCUT2D eigenvalue weighted by Crippen LogP contribution is 2.44. The average molecular weight is 559 g/mol. The number of aliphatic hydroxyl groups is 2. The first-order chi connectivity index (χ1) is 16.9. The van der Waals surface area contributed by atoms with Gasteiger partial charge in [0.1, 0.15) is 6.29 Å². The molecule has 186 valence electrons. The normalized spacial score (nSPS) is 17.0. The molecule has 2 aliphatic carbocycles. The maximum atomic E-state index is 11.8. The summed E-state index contributed by atoms with van der Waals surface area (Å²) in [5.74, 6) is 0. The minimum Gasteiger partial charge on any atom is -0.396 e. The summed E-state index contributed by atoms with van der Waals surface area (Å²) in [5, 5.41) is 17.7. The molecule has 0 amide bonds. The van der Waals surface area contributed by atoms with Crippen molar-refractivity contribution < 1.29 is 15.0 Å². The fourth-order valence-electron chi connectivity index (χ4n) is 4.02. The molecule has 2 aromatic carbocycles. The van der Waals surface area contributed by atoms with E-state index in [9.17, 15) is 4.79 Å². The zero-order chi connectivity index (χ0) is 25.3. The first-order valence-electron chi connectivity index (χ1n) is 11.8. The van der Waals surface area contributed by atoms with E-state index >= 15 is 0 Å². The number of allylic oxidation sites excluding steroid dienone is 4. The van der Waals surface area contributed by atoms with Gasteiger partial charge in [0, 0.05) is 33.1 Å². The molecule has 0 spiro atoms. The van der Waals surface area contributed by atoms with Gasteiger partial charge < -0.3 is 10.2 Å². The fraction of sp³-hybridized carbons (Fsp3) is 0.345. The van der Waals surface area contributed by atoms with Crippen molar-refractivity contribution in [1.82, 2.24) is 4.90 Å². The largest absolute Gasteiger partial charge is 0.396 e. The molecule has 1 saturated carbocycles. The lowest BCUT2D eigenvalue weighted by Gasteiger charge is -2.31. The minimum absolute atomic E-state index is 0.0556. The number of nitrogens with zero attached hydrogens (tertiary/aromatic N) is 1. The van der Waals surface area contributed by atoms with E-state index in [1.54, 1.807) is 0 Å². The standard InChI is InChI=1S/C24H23BrClNO.C5H10O2/c1-27(16-19-6-5-8-21(25)14-19)24(15-18-10-12-22(26)13-11-18)23-9-4-2-3-7-20(23)17-28;6-3-5(4-7)1-2-5/h2-3,5-14,17,24H,4,15-16H2,1H3;6-7H,1-4H2. The van der Waals surface area contributed by atoms with Crippen molar-refractivity contribution in [2.45, 2.75) is 38.3 Å². The molecule has 0 aromatic heterocycles. The third kappa shape index (κ3) is 8.26. The Balaban J connectivity index is 0.000000420. The first kappa shape index (κ1) is 27.6. The molecule has 1 unspecified atom stereocenters. The van der Waals surface area contributed by atoms with Crippen molar-refractivity contribution in [3.05, 3.63) is 105 Å². The number of likely N-dealkylation sites (N-methyl/N-ethyl adjacent to an activating group) is 1. The summed E-state index contributed by atoms with van der Waals surface area (Å²) in [6.45, 7) is 1.10. The van der Waals surface area contributed by atoms with Crippen LogP contribution in [-0.4, -0.2) is 47.7 Å². The van der Waals surface area contributed by atoms with Crippen molar-refractivity contribution in [2.75, 3.05) is 20.3 Å². The van der Waals surface area contributed by atoms with E-state index in [-0.39, 0.29) is 24.7 Å². The fourth-order valence-corrected chi connectivity index (χ4v) is 4.59. The molecule has 6 heteroatoms. The summed E-state index contributed by atoms with van der Waals surface area (Å²) in [6, 6.07) is 16.4. The van der Waals surface area contributed by atoms with Crippen molar-refractivity contribution in [2.24, 2.45) is 5.41 Å². The molecule has 0 bridgehead atoms. The lowest BCUT2D eigenvalue weighted by molar-refractivity contribution is -0.104. The molecule has 0 heterocycles. The van der Waals surface area contributed by atoms with E-state index in [1.165, 1.54) is 11.1 Å². The number of carbonyl (C=O) groups excluding carboxylic acids is 1. The third-order valence-corrected chi connectivity index (χ3v) is 7.27. The molecule has 1 fully saturated rings. The number of hydrogen-bond donors (Lipinski definition) is 2. The van der Waals surface area contributed by atoms with E-state index in [0.29, 0.717) is 0 Å². The molecule has 2 aromatic rings. The number of carbonyl (C=O) groups is 1. The van der Waals surface area contributed by atoms with Crippen molar-refractivity contribution >= 4 is 33.8 Å². The molecular formula is C29H33BrClNO3. The number of rotatable bonds is 9. The molecule has 4 rings (SSSR count). The number of aldehydes is 1. The summed E-state index contributed by atoms with van der Waals surface area (Å²) < 4.78 is 1.07. The predicted octanol–water partition coefficient (Wildman–Crippen LogP) is 5.91. The Labute approximate surface area is 221 Å². The van der Waals surface area contributed by atoms with Crippen LogP contribution in [0.4, 0.5) is 0 Å². The monoisotopic (exact) mass is 557 g/mol. The smallest absolute Gasteiger partial charge is 0.150 e. The summed E-state index contributed by atoms with van der Waals surface area (Å²) in [5.41, 5.74) is 4.18.